The van der Waals surface area contributed by atoms with Crippen LogP contribution in [0.25, 0.3) is 0 Å². The molecule has 120 valence electrons. The Morgan fingerprint density at radius 3 is 2.35 bits per heavy atom. The number of rotatable bonds is 3. The molecule has 1 aliphatic rings. The van der Waals surface area contributed by atoms with Crippen molar-refractivity contribution in [2.45, 2.75) is 45.3 Å². The number of aliphatic imine (C=N–C) groups is 1. The number of halogens is 1. The van der Waals surface area contributed by atoms with Gasteiger partial charge in [-0.15, -0.1) is 24.0 Å². The molecule has 0 spiro atoms. The van der Waals surface area contributed by atoms with Gasteiger partial charge in [0.2, 0.25) is 0 Å². The van der Waals surface area contributed by atoms with Gasteiger partial charge < -0.3 is 10.2 Å². The van der Waals surface area contributed by atoms with Crippen molar-refractivity contribution >= 4 is 40.7 Å². The maximum atomic E-state index is 12.0. The van der Waals surface area contributed by atoms with E-state index in [-0.39, 0.29) is 28.7 Å². The highest BCUT2D eigenvalue weighted by atomic mass is 127. The van der Waals surface area contributed by atoms with Gasteiger partial charge in [-0.3, -0.25) is 9.20 Å². The number of nitrogens with one attached hydrogen (secondary N) is 1. The van der Waals surface area contributed by atoms with Crippen LogP contribution in [-0.4, -0.2) is 52.3 Å². The van der Waals surface area contributed by atoms with Gasteiger partial charge in [-0.1, -0.05) is 6.92 Å². The van der Waals surface area contributed by atoms with E-state index in [1.54, 1.807) is 0 Å². The summed E-state index contributed by atoms with van der Waals surface area (Å²) >= 11 is 0. The van der Waals surface area contributed by atoms with Crippen molar-refractivity contribution in [1.82, 2.24) is 10.2 Å². The summed E-state index contributed by atoms with van der Waals surface area (Å²) in [5.74, 6) is 2.45. The van der Waals surface area contributed by atoms with Crippen molar-refractivity contribution in [3.8, 4) is 0 Å². The quantitative estimate of drug-likeness (QED) is 0.438. The van der Waals surface area contributed by atoms with Crippen molar-refractivity contribution in [1.29, 1.82) is 0 Å². The highest BCUT2D eigenvalue weighted by molar-refractivity contribution is 14.0. The molecule has 0 amide bonds. The van der Waals surface area contributed by atoms with Gasteiger partial charge in [0, 0.05) is 48.0 Å². The Bertz CT molecular complexity index is 334. The van der Waals surface area contributed by atoms with Gasteiger partial charge in [-0.2, -0.15) is 0 Å². The molecule has 0 aromatic heterocycles. The minimum Gasteiger partial charge on any atom is -0.355 e. The first-order valence-electron chi connectivity index (χ1n) is 7.18. The molecule has 0 radical (unpaired) electrons. The molecule has 1 aliphatic heterocycles. The number of hydrogen-bond donors (Lipinski definition) is 1. The van der Waals surface area contributed by atoms with Crippen LogP contribution in [0.3, 0.4) is 0 Å². The van der Waals surface area contributed by atoms with Crippen molar-refractivity contribution in [3.05, 3.63) is 0 Å². The standard InChI is InChI=1S/C14H29N3OS.HI/c1-12-6-9-17(10-7-12)13(15-5)16-8-11-19(18)14(2,3)4;/h12H,6-11H2,1-5H3,(H,15,16);1H. The molecule has 1 unspecified atom stereocenters. The average molecular weight is 415 g/mol. The van der Waals surface area contributed by atoms with Crippen molar-refractivity contribution in [2.24, 2.45) is 10.9 Å². The normalized spacial score (nSPS) is 19.4. The Morgan fingerprint density at radius 1 is 1.35 bits per heavy atom. The van der Waals surface area contributed by atoms with Crippen LogP contribution in [-0.2, 0) is 10.8 Å². The zero-order valence-corrected chi connectivity index (χ0v) is 16.6. The maximum Gasteiger partial charge on any atom is 0.193 e. The molecule has 6 heteroatoms. The molecule has 1 heterocycles. The molecular formula is C14H30IN3OS. The zero-order chi connectivity index (χ0) is 14.5. The Kier molecular flexibility index (Phi) is 9.29. The maximum absolute atomic E-state index is 12.0. The van der Waals surface area contributed by atoms with E-state index in [2.05, 4.69) is 22.1 Å². The Balaban J connectivity index is 0.00000361. The van der Waals surface area contributed by atoms with Gasteiger partial charge in [-0.25, -0.2) is 0 Å². The Labute approximate surface area is 143 Å². The third kappa shape index (κ3) is 6.74. The van der Waals surface area contributed by atoms with Crippen molar-refractivity contribution in [3.63, 3.8) is 0 Å². The second kappa shape index (κ2) is 9.23. The lowest BCUT2D eigenvalue weighted by molar-refractivity contribution is 0.274. The summed E-state index contributed by atoms with van der Waals surface area (Å²) in [4.78, 5) is 6.63. The summed E-state index contributed by atoms with van der Waals surface area (Å²) in [6.07, 6.45) is 2.46. The molecule has 0 saturated carbocycles. The summed E-state index contributed by atoms with van der Waals surface area (Å²) in [6.45, 7) is 11.2. The molecule has 0 bridgehead atoms. The van der Waals surface area contributed by atoms with E-state index in [0.29, 0.717) is 5.75 Å². The molecule has 1 fully saturated rings. The first-order valence-corrected chi connectivity index (χ1v) is 8.50. The molecule has 1 rings (SSSR count). The van der Waals surface area contributed by atoms with E-state index < -0.39 is 10.8 Å². The molecule has 1 atom stereocenters. The van der Waals surface area contributed by atoms with Crippen LogP contribution in [0.1, 0.15) is 40.5 Å². The lowest BCUT2D eigenvalue weighted by Gasteiger charge is -2.33. The van der Waals surface area contributed by atoms with E-state index in [4.69, 9.17) is 0 Å². The smallest absolute Gasteiger partial charge is 0.193 e. The number of nitrogens with zero attached hydrogens (tertiary/aromatic N) is 2. The molecular weight excluding hydrogens is 385 g/mol. The second-order valence-electron chi connectivity index (χ2n) is 6.31. The van der Waals surface area contributed by atoms with Crippen LogP contribution < -0.4 is 5.32 Å². The van der Waals surface area contributed by atoms with Gasteiger partial charge in [0.05, 0.1) is 0 Å². The summed E-state index contributed by atoms with van der Waals surface area (Å²) in [6, 6.07) is 0. The van der Waals surface area contributed by atoms with Gasteiger partial charge in [-0.05, 0) is 39.5 Å². The highest BCUT2D eigenvalue weighted by Gasteiger charge is 2.20. The van der Waals surface area contributed by atoms with E-state index in [9.17, 15) is 4.21 Å². The fraction of sp³-hybridized carbons (Fsp3) is 0.929. The van der Waals surface area contributed by atoms with Gasteiger partial charge in [0.15, 0.2) is 5.96 Å². The van der Waals surface area contributed by atoms with Crippen LogP contribution in [0.15, 0.2) is 4.99 Å². The number of guanidine groups is 1. The molecule has 4 nitrogen and oxygen atoms in total. The second-order valence-corrected chi connectivity index (χ2v) is 8.63. The predicted molar refractivity (Wildman–Crippen MR) is 99.5 cm³/mol. The van der Waals surface area contributed by atoms with E-state index in [1.165, 1.54) is 12.8 Å². The number of piperidine rings is 1. The van der Waals surface area contributed by atoms with Gasteiger partial charge >= 0.3 is 0 Å². The molecule has 1 saturated heterocycles. The van der Waals surface area contributed by atoms with Gasteiger partial charge in [0.25, 0.3) is 0 Å². The third-order valence-corrected chi connectivity index (χ3v) is 5.49. The molecule has 0 aromatic carbocycles. The molecule has 20 heavy (non-hydrogen) atoms. The van der Waals surface area contributed by atoms with E-state index >= 15 is 0 Å². The van der Waals surface area contributed by atoms with Crippen LogP contribution in [0.5, 0.6) is 0 Å². The summed E-state index contributed by atoms with van der Waals surface area (Å²) in [5.41, 5.74) is 0. The molecule has 0 aliphatic carbocycles. The summed E-state index contributed by atoms with van der Waals surface area (Å²) < 4.78 is 11.8. The minimum absolute atomic E-state index is 0. The Morgan fingerprint density at radius 2 is 1.90 bits per heavy atom. The first kappa shape index (κ1) is 20.1. The lowest BCUT2D eigenvalue weighted by Crippen LogP contribution is -2.46. The van der Waals surface area contributed by atoms with Crippen LogP contribution in [0.2, 0.25) is 0 Å². The SMILES string of the molecule is CN=C(NCCS(=O)C(C)(C)C)N1CCC(C)CC1.I. The lowest BCUT2D eigenvalue weighted by atomic mass is 10.00. The van der Waals surface area contributed by atoms with Gasteiger partial charge in [0.1, 0.15) is 0 Å². The monoisotopic (exact) mass is 415 g/mol. The Hall–Kier alpha value is 0.150. The van der Waals surface area contributed by atoms with Crippen LogP contribution in [0.4, 0.5) is 0 Å². The predicted octanol–water partition coefficient (Wildman–Crippen LogP) is 2.46. The van der Waals surface area contributed by atoms with Crippen LogP contribution in [0, 0.1) is 5.92 Å². The summed E-state index contributed by atoms with van der Waals surface area (Å²) in [7, 11) is 1.02. The van der Waals surface area contributed by atoms with Crippen LogP contribution >= 0.6 is 24.0 Å². The van der Waals surface area contributed by atoms with Crippen molar-refractivity contribution < 1.29 is 4.21 Å². The molecule has 0 aromatic rings. The molecule has 1 N–H and O–H groups in total. The van der Waals surface area contributed by atoms with Crippen molar-refractivity contribution in [2.75, 3.05) is 32.4 Å². The summed E-state index contributed by atoms with van der Waals surface area (Å²) in [5, 5.41) is 3.34. The highest BCUT2D eigenvalue weighted by Crippen LogP contribution is 2.16. The number of hydrogen-bond acceptors (Lipinski definition) is 2. The topological polar surface area (TPSA) is 44.7 Å². The third-order valence-electron chi connectivity index (χ3n) is 3.55. The fourth-order valence-electron chi connectivity index (χ4n) is 2.11. The number of likely N-dealkylation sites (tertiary alicyclic amines) is 1. The zero-order valence-electron chi connectivity index (χ0n) is 13.4. The largest absolute Gasteiger partial charge is 0.355 e. The minimum atomic E-state index is -0.802. The average Bonchev–Trinajstić information content (AvgIpc) is 2.34. The fourth-order valence-corrected chi connectivity index (χ4v) is 3.01. The van der Waals surface area contributed by atoms with E-state index in [0.717, 1.165) is 31.5 Å². The first-order chi connectivity index (χ1) is 8.84. The van der Waals surface area contributed by atoms with E-state index in [1.807, 2.05) is 27.8 Å².